The monoisotopic (exact) mass is 449 g/mol. The van der Waals surface area contributed by atoms with Crippen LogP contribution in [0.3, 0.4) is 0 Å². The van der Waals surface area contributed by atoms with Crippen LogP contribution in [-0.2, 0) is 10.0 Å². The first-order valence-corrected chi connectivity index (χ1v) is 9.17. The Kier molecular flexibility index (Phi) is 13.5. The normalized spacial score (nSPS) is 12.7. The number of guanidine groups is 1. The summed E-state index contributed by atoms with van der Waals surface area (Å²) in [6.07, 6.45) is 0. The minimum atomic E-state index is -3.44. The SMILES string of the molecule is CCNC(=NCCN(C(C)C)C(C)C)NCCS(N)(=O)=O.I. The number of hydrogen-bond acceptors (Lipinski definition) is 4. The number of nitrogens with one attached hydrogen (secondary N) is 2. The van der Waals surface area contributed by atoms with Gasteiger partial charge >= 0.3 is 0 Å². The van der Waals surface area contributed by atoms with Crippen LogP contribution in [0.1, 0.15) is 34.6 Å². The van der Waals surface area contributed by atoms with Crippen molar-refractivity contribution in [3.05, 3.63) is 0 Å². The van der Waals surface area contributed by atoms with Crippen molar-refractivity contribution < 1.29 is 8.42 Å². The number of aliphatic imine (C=N–C) groups is 1. The summed E-state index contributed by atoms with van der Waals surface area (Å²) in [4.78, 5) is 6.81. The van der Waals surface area contributed by atoms with Crippen molar-refractivity contribution in [2.24, 2.45) is 10.1 Å². The maximum atomic E-state index is 10.9. The van der Waals surface area contributed by atoms with Gasteiger partial charge < -0.3 is 10.6 Å². The number of hydrogen-bond donors (Lipinski definition) is 3. The van der Waals surface area contributed by atoms with Crippen molar-refractivity contribution in [1.82, 2.24) is 15.5 Å². The number of halogens is 1. The number of primary sulfonamides is 1. The van der Waals surface area contributed by atoms with Crippen molar-refractivity contribution in [3.8, 4) is 0 Å². The van der Waals surface area contributed by atoms with E-state index in [0.29, 0.717) is 24.6 Å². The van der Waals surface area contributed by atoms with Gasteiger partial charge in [0, 0.05) is 31.7 Å². The number of sulfonamides is 1. The van der Waals surface area contributed by atoms with E-state index in [2.05, 4.69) is 48.2 Å². The topological polar surface area (TPSA) is 99.8 Å². The Bertz CT molecular complexity index is 405. The van der Waals surface area contributed by atoms with Crippen molar-refractivity contribution in [1.29, 1.82) is 0 Å². The molecule has 0 rings (SSSR count). The highest BCUT2D eigenvalue weighted by Gasteiger charge is 2.12. The second kappa shape index (κ2) is 12.3. The molecule has 9 heteroatoms. The lowest BCUT2D eigenvalue weighted by molar-refractivity contribution is 0.181. The molecule has 0 amide bonds. The maximum absolute atomic E-state index is 10.9. The molecule has 134 valence electrons. The Morgan fingerprint density at radius 2 is 1.73 bits per heavy atom. The average Bonchev–Trinajstić information content (AvgIpc) is 2.31. The van der Waals surface area contributed by atoms with Crippen molar-refractivity contribution in [3.63, 3.8) is 0 Å². The summed E-state index contributed by atoms with van der Waals surface area (Å²) >= 11 is 0. The average molecular weight is 449 g/mol. The summed E-state index contributed by atoms with van der Waals surface area (Å²) in [6.45, 7) is 13.1. The van der Waals surface area contributed by atoms with Gasteiger partial charge in [0.25, 0.3) is 0 Å². The van der Waals surface area contributed by atoms with Crippen molar-refractivity contribution in [2.75, 3.05) is 31.9 Å². The van der Waals surface area contributed by atoms with E-state index in [9.17, 15) is 8.42 Å². The van der Waals surface area contributed by atoms with Gasteiger partial charge in [0.05, 0.1) is 12.3 Å². The Labute approximate surface area is 152 Å². The van der Waals surface area contributed by atoms with E-state index < -0.39 is 10.0 Å². The molecule has 0 aromatic heterocycles. The van der Waals surface area contributed by atoms with Crippen LogP contribution in [0.15, 0.2) is 4.99 Å². The quantitative estimate of drug-likeness (QED) is 0.272. The standard InChI is InChI=1S/C13H31N5O2S.HI/c1-6-15-13(17-8-10-21(14,19)20)16-7-9-18(11(2)3)12(4)5;/h11-12H,6-10H2,1-5H3,(H2,14,19,20)(H2,15,16,17);1H. The lowest BCUT2D eigenvalue weighted by Crippen LogP contribution is -2.42. The Morgan fingerprint density at radius 1 is 1.18 bits per heavy atom. The number of nitrogens with zero attached hydrogens (tertiary/aromatic N) is 2. The molecule has 0 heterocycles. The summed E-state index contributed by atoms with van der Waals surface area (Å²) in [6, 6.07) is 0.941. The fourth-order valence-corrected chi connectivity index (χ4v) is 2.43. The van der Waals surface area contributed by atoms with E-state index in [-0.39, 0.29) is 36.3 Å². The van der Waals surface area contributed by atoms with Crippen LogP contribution in [0, 0.1) is 0 Å². The molecule has 0 unspecified atom stereocenters. The van der Waals surface area contributed by atoms with Crippen LogP contribution in [0.2, 0.25) is 0 Å². The lowest BCUT2D eigenvalue weighted by Gasteiger charge is -2.29. The van der Waals surface area contributed by atoms with Crippen molar-refractivity contribution in [2.45, 2.75) is 46.7 Å². The van der Waals surface area contributed by atoms with E-state index in [4.69, 9.17) is 5.14 Å². The predicted molar refractivity (Wildman–Crippen MR) is 104 cm³/mol. The fraction of sp³-hybridized carbons (Fsp3) is 0.923. The summed E-state index contributed by atoms with van der Waals surface area (Å²) in [5.74, 6) is 0.509. The molecule has 22 heavy (non-hydrogen) atoms. The second-order valence-corrected chi connectivity index (χ2v) is 7.21. The van der Waals surface area contributed by atoms with Gasteiger partial charge in [-0.3, -0.25) is 9.89 Å². The van der Waals surface area contributed by atoms with Crippen LogP contribution in [0.4, 0.5) is 0 Å². The molecule has 0 atom stereocenters. The minimum absolute atomic E-state index is 0. The predicted octanol–water partition coefficient (Wildman–Crippen LogP) is 0.567. The molecular weight excluding hydrogens is 417 g/mol. The second-order valence-electron chi connectivity index (χ2n) is 5.48. The lowest BCUT2D eigenvalue weighted by atomic mass is 10.2. The third kappa shape index (κ3) is 12.4. The van der Waals surface area contributed by atoms with E-state index >= 15 is 0 Å². The van der Waals surface area contributed by atoms with E-state index in [1.54, 1.807) is 0 Å². The minimum Gasteiger partial charge on any atom is -0.357 e. The Hall–Kier alpha value is -0.130. The summed E-state index contributed by atoms with van der Waals surface area (Å²) in [5.41, 5.74) is 0. The highest BCUT2D eigenvalue weighted by Crippen LogP contribution is 2.03. The molecule has 0 aliphatic carbocycles. The maximum Gasteiger partial charge on any atom is 0.210 e. The van der Waals surface area contributed by atoms with Gasteiger partial charge in [0.1, 0.15) is 0 Å². The largest absolute Gasteiger partial charge is 0.357 e. The molecule has 0 aromatic carbocycles. The Balaban J connectivity index is 0. The van der Waals surface area contributed by atoms with Crippen LogP contribution < -0.4 is 15.8 Å². The summed E-state index contributed by atoms with van der Waals surface area (Å²) in [7, 11) is -3.44. The Morgan fingerprint density at radius 3 is 2.14 bits per heavy atom. The smallest absolute Gasteiger partial charge is 0.210 e. The van der Waals surface area contributed by atoms with Crippen LogP contribution >= 0.6 is 24.0 Å². The van der Waals surface area contributed by atoms with Gasteiger partial charge in [-0.2, -0.15) is 0 Å². The van der Waals surface area contributed by atoms with E-state index in [1.165, 1.54) is 0 Å². The van der Waals surface area contributed by atoms with Gasteiger partial charge in [0.2, 0.25) is 10.0 Å². The first kappa shape index (κ1) is 24.1. The zero-order chi connectivity index (χ0) is 16.5. The van der Waals surface area contributed by atoms with Crippen LogP contribution in [0.25, 0.3) is 0 Å². The third-order valence-electron chi connectivity index (χ3n) is 2.98. The first-order valence-electron chi connectivity index (χ1n) is 7.45. The molecule has 4 N–H and O–H groups in total. The van der Waals surface area contributed by atoms with Gasteiger partial charge in [-0.05, 0) is 34.6 Å². The van der Waals surface area contributed by atoms with Gasteiger partial charge in [0.15, 0.2) is 5.96 Å². The van der Waals surface area contributed by atoms with Crippen LogP contribution in [0.5, 0.6) is 0 Å². The molecule has 0 aliphatic heterocycles. The molecular formula is C13H32IN5O2S. The van der Waals surface area contributed by atoms with E-state index in [0.717, 1.165) is 13.1 Å². The van der Waals surface area contributed by atoms with Crippen LogP contribution in [-0.4, -0.2) is 63.3 Å². The van der Waals surface area contributed by atoms with Gasteiger partial charge in [-0.1, -0.05) is 0 Å². The third-order valence-corrected chi connectivity index (χ3v) is 3.75. The molecule has 7 nitrogen and oxygen atoms in total. The molecule has 0 fully saturated rings. The molecule has 0 saturated heterocycles. The molecule has 0 radical (unpaired) electrons. The molecule has 0 bridgehead atoms. The summed E-state index contributed by atoms with van der Waals surface area (Å²) in [5, 5.41) is 11.0. The first-order chi connectivity index (χ1) is 9.67. The van der Waals surface area contributed by atoms with Gasteiger partial charge in [-0.15, -0.1) is 24.0 Å². The number of nitrogens with two attached hydrogens (primary N) is 1. The molecule has 0 spiro atoms. The van der Waals surface area contributed by atoms with Crippen molar-refractivity contribution >= 4 is 40.0 Å². The van der Waals surface area contributed by atoms with E-state index in [1.807, 2.05) is 6.92 Å². The highest BCUT2D eigenvalue weighted by atomic mass is 127. The zero-order valence-corrected chi connectivity index (χ0v) is 17.4. The summed E-state index contributed by atoms with van der Waals surface area (Å²) < 4.78 is 21.8. The van der Waals surface area contributed by atoms with Gasteiger partial charge in [-0.25, -0.2) is 13.6 Å². The fourth-order valence-electron chi connectivity index (χ4n) is 2.04. The molecule has 0 aromatic rings. The number of rotatable bonds is 9. The molecule has 0 aliphatic rings. The highest BCUT2D eigenvalue weighted by molar-refractivity contribution is 14.0. The zero-order valence-electron chi connectivity index (χ0n) is 14.3. The molecule has 0 saturated carbocycles.